The van der Waals surface area contributed by atoms with Gasteiger partial charge in [0.15, 0.2) is 5.13 Å². The van der Waals surface area contributed by atoms with Gasteiger partial charge in [-0.3, -0.25) is 4.79 Å². The summed E-state index contributed by atoms with van der Waals surface area (Å²) in [5.41, 5.74) is 5.20. The third kappa shape index (κ3) is 6.14. The number of sulfonamides is 1. The fourth-order valence-corrected chi connectivity index (χ4v) is 6.78. The van der Waals surface area contributed by atoms with Crippen LogP contribution in [0.4, 0.5) is 25.5 Å². The number of ether oxygens (including phenoxy) is 1. The van der Waals surface area contributed by atoms with Crippen molar-refractivity contribution in [2.75, 3.05) is 55.3 Å². The normalized spacial score (nSPS) is 17.0. The van der Waals surface area contributed by atoms with Crippen molar-refractivity contribution in [3.8, 4) is 0 Å². The van der Waals surface area contributed by atoms with E-state index in [4.69, 9.17) is 10.5 Å². The van der Waals surface area contributed by atoms with Crippen molar-refractivity contribution in [3.05, 3.63) is 58.6 Å². The highest BCUT2D eigenvalue weighted by atomic mass is 35.5. The van der Waals surface area contributed by atoms with Crippen LogP contribution >= 0.6 is 23.7 Å². The molecule has 15 heteroatoms. The third-order valence-corrected chi connectivity index (χ3v) is 9.41. The maximum atomic E-state index is 14.1. The highest BCUT2D eigenvalue weighted by Crippen LogP contribution is 2.31. The lowest BCUT2D eigenvalue weighted by atomic mass is 10.1. The first-order valence-corrected chi connectivity index (χ1v) is 14.3. The topological polar surface area (TPSA) is 131 Å². The molecule has 0 aliphatic carbocycles. The number of ketones is 1. The Morgan fingerprint density at radius 1 is 1.08 bits per heavy atom. The van der Waals surface area contributed by atoms with Gasteiger partial charge in [-0.2, -0.15) is 4.31 Å². The molecule has 2 fully saturated rings. The number of thiazole rings is 1. The number of anilines is 3. The number of aromatic nitrogens is 2. The molecule has 0 bridgehead atoms. The quantitative estimate of drug-likeness (QED) is 0.393. The van der Waals surface area contributed by atoms with Crippen molar-refractivity contribution in [1.29, 1.82) is 0 Å². The molecule has 0 unspecified atom stereocenters. The fraction of sp³-hybridized carbons (Fsp3) is 0.375. The number of nitrogens with two attached hydrogens (primary N) is 1. The van der Waals surface area contributed by atoms with Crippen molar-refractivity contribution >= 4 is 56.3 Å². The first-order chi connectivity index (χ1) is 18.2. The van der Waals surface area contributed by atoms with E-state index in [1.807, 2.05) is 4.90 Å². The number of morpholine rings is 1. The molecule has 10 nitrogen and oxygen atoms in total. The van der Waals surface area contributed by atoms with Gasteiger partial charge in [-0.15, -0.1) is 12.4 Å². The van der Waals surface area contributed by atoms with Crippen molar-refractivity contribution in [3.63, 3.8) is 0 Å². The van der Waals surface area contributed by atoms with E-state index < -0.39 is 33.0 Å². The maximum absolute atomic E-state index is 14.1. The van der Waals surface area contributed by atoms with Gasteiger partial charge in [-0.25, -0.2) is 27.2 Å². The Kier molecular flexibility index (Phi) is 9.01. The highest BCUT2D eigenvalue weighted by Gasteiger charge is 2.31. The summed E-state index contributed by atoms with van der Waals surface area (Å²) < 4.78 is 61.2. The molecule has 1 aromatic carbocycles. The molecule has 2 aliphatic rings. The van der Waals surface area contributed by atoms with Gasteiger partial charge in [0.1, 0.15) is 33.0 Å². The molecule has 210 valence electrons. The van der Waals surface area contributed by atoms with Crippen LogP contribution in [-0.2, 0) is 14.8 Å². The Hall–Kier alpha value is -2.91. The van der Waals surface area contributed by atoms with E-state index in [1.165, 1.54) is 16.6 Å². The first kappa shape index (κ1) is 29.1. The van der Waals surface area contributed by atoms with Gasteiger partial charge in [0.25, 0.3) is 0 Å². The van der Waals surface area contributed by atoms with Gasteiger partial charge >= 0.3 is 0 Å². The lowest BCUT2D eigenvalue weighted by Gasteiger charge is -2.31. The number of carbonyl (C=O) groups excluding carboxylic acids is 1. The predicted molar refractivity (Wildman–Crippen MR) is 146 cm³/mol. The van der Waals surface area contributed by atoms with Gasteiger partial charge in [0.2, 0.25) is 15.8 Å². The molecule has 0 saturated carbocycles. The molecule has 3 N–H and O–H groups in total. The van der Waals surface area contributed by atoms with Crippen molar-refractivity contribution in [1.82, 2.24) is 14.3 Å². The summed E-state index contributed by atoms with van der Waals surface area (Å²) in [6.45, 7) is 3.19. The lowest BCUT2D eigenvalue weighted by Crippen LogP contribution is -2.42. The van der Waals surface area contributed by atoms with Crippen LogP contribution in [0.25, 0.3) is 0 Å². The summed E-state index contributed by atoms with van der Waals surface area (Å²) in [5, 5.41) is 3.50. The van der Waals surface area contributed by atoms with Crippen LogP contribution in [0, 0.1) is 11.6 Å². The van der Waals surface area contributed by atoms with E-state index in [9.17, 15) is 22.0 Å². The van der Waals surface area contributed by atoms with E-state index in [1.54, 1.807) is 12.1 Å². The van der Waals surface area contributed by atoms with E-state index in [0.717, 1.165) is 23.5 Å². The highest BCUT2D eigenvalue weighted by molar-refractivity contribution is 7.89. The molecule has 0 atom stereocenters. The monoisotopic (exact) mass is 600 g/mol. The molecule has 2 saturated heterocycles. The predicted octanol–water partition coefficient (Wildman–Crippen LogP) is 3.15. The smallest absolute Gasteiger partial charge is 0.244 e. The lowest BCUT2D eigenvalue weighted by molar-refractivity contribution is 0.103. The van der Waals surface area contributed by atoms with Gasteiger partial charge in [0, 0.05) is 38.4 Å². The Morgan fingerprint density at radius 2 is 1.74 bits per heavy atom. The molecule has 3 aromatic rings. The summed E-state index contributed by atoms with van der Waals surface area (Å²) >= 11 is 0.908. The van der Waals surface area contributed by atoms with Gasteiger partial charge in [-0.1, -0.05) is 17.4 Å². The average molecular weight is 601 g/mol. The maximum Gasteiger partial charge on any atom is 0.244 e. The number of nitrogens with zero attached hydrogens (tertiary/aromatic N) is 4. The van der Waals surface area contributed by atoms with Crippen LogP contribution in [0.2, 0.25) is 0 Å². The van der Waals surface area contributed by atoms with Crippen molar-refractivity contribution in [2.24, 2.45) is 0 Å². The van der Waals surface area contributed by atoms with E-state index >= 15 is 0 Å². The number of hydrogen-bond acceptors (Lipinski definition) is 10. The Morgan fingerprint density at radius 3 is 2.36 bits per heavy atom. The standard InChI is InChI=1S/C24H26F2N6O4S2.ClH/c25-17-2-1-3-18(26)20(17)21(33)22-23(27)30-24(37-22)29-15-6-8-32(9-7-15)38(34,35)16-4-5-19(28-14-16)31-10-12-36-13-11-31;/h1-5,14-15H,6-13,27H2,(H,29,30);1H. The number of rotatable bonds is 7. The SMILES string of the molecule is Cl.Nc1nc(NC2CCN(S(=O)(=O)c3ccc(N4CCOCC4)nc3)CC2)sc1C(=O)c1c(F)cccc1F. The summed E-state index contributed by atoms with van der Waals surface area (Å²) in [6.07, 6.45) is 2.37. The zero-order chi connectivity index (χ0) is 26.9. The average Bonchev–Trinajstić information content (AvgIpc) is 3.29. The molecular formula is C24H27ClF2N6O4S2. The number of nitrogens with one attached hydrogen (secondary N) is 1. The number of nitrogen functional groups attached to an aromatic ring is 1. The third-order valence-electron chi connectivity index (χ3n) is 6.52. The zero-order valence-electron chi connectivity index (χ0n) is 20.7. The number of carbonyl (C=O) groups is 1. The Bertz CT molecular complexity index is 1410. The van der Waals surface area contributed by atoms with E-state index in [0.29, 0.717) is 50.1 Å². The minimum absolute atomic E-state index is 0. The number of benzene rings is 1. The second-order valence-electron chi connectivity index (χ2n) is 8.93. The van der Waals surface area contributed by atoms with Crippen LogP contribution in [0.5, 0.6) is 0 Å². The van der Waals surface area contributed by atoms with Crippen LogP contribution in [0.1, 0.15) is 28.1 Å². The molecule has 4 heterocycles. The molecule has 2 aliphatic heterocycles. The van der Waals surface area contributed by atoms with Gasteiger partial charge in [0.05, 0.1) is 18.8 Å². The van der Waals surface area contributed by atoms with Crippen LogP contribution < -0.4 is 16.0 Å². The molecule has 0 amide bonds. The minimum Gasteiger partial charge on any atom is -0.382 e. The summed E-state index contributed by atoms with van der Waals surface area (Å²) in [5.74, 6) is -2.24. The summed E-state index contributed by atoms with van der Waals surface area (Å²) in [6, 6.07) is 6.35. The number of pyridine rings is 1. The van der Waals surface area contributed by atoms with Crippen LogP contribution in [-0.4, -0.2) is 73.9 Å². The van der Waals surface area contributed by atoms with Crippen LogP contribution in [0.3, 0.4) is 0 Å². The molecule has 2 aromatic heterocycles. The molecule has 0 spiro atoms. The minimum atomic E-state index is -3.71. The Labute approximate surface area is 234 Å². The Balaban J connectivity index is 0.00000353. The number of halogens is 3. The second kappa shape index (κ2) is 12.1. The molecular weight excluding hydrogens is 574 g/mol. The molecule has 0 radical (unpaired) electrons. The summed E-state index contributed by atoms with van der Waals surface area (Å²) in [7, 11) is -3.71. The molecule has 5 rings (SSSR count). The number of hydrogen-bond donors (Lipinski definition) is 2. The summed E-state index contributed by atoms with van der Waals surface area (Å²) in [4.78, 5) is 23.3. The number of piperidine rings is 1. The van der Waals surface area contributed by atoms with Crippen molar-refractivity contribution < 1.29 is 26.7 Å². The van der Waals surface area contributed by atoms with Crippen LogP contribution in [0.15, 0.2) is 41.4 Å². The largest absolute Gasteiger partial charge is 0.382 e. The second-order valence-corrected chi connectivity index (χ2v) is 11.9. The fourth-order valence-electron chi connectivity index (χ4n) is 4.45. The van der Waals surface area contributed by atoms with Gasteiger partial charge < -0.3 is 20.7 Å². The van der Waals surface area contributed by atoms with Crippen molar-refractivity contribution in [2.45, 2.75) is 23.8 Å². The van der Waals surface area contributed by atoms with E-state index in [2.05, 4.69) is 15.3 Å². The van der Waals surface area contributed by atoms with Gasteiger partial charge in [-0.05, 0) is 37.1 Å². The first-order valence-electron chi connectivity index (χ1n) is 12.0. The zero-order valence-corrected chi connectivity index (χ0v) is 23.1. The molecule has 39 heavy (non-hydrogen) atoms. The van der Waals surface area contributed by atoms with E-state index in [-0.39, 0.29) is 47.1 Å².